The number of hydrogen-bond acceptors (Lipinski definition) is 8. The molecule has 0 saturated carbocycles. The lowest BCUT2D eigenvalue weighted by atomic mass is 9.98. The van der Waals surface area contributed by atoms with Crippen LogP contribution >= 0.6 is 0 Å². The second-order valence-corrected chi connectivity index (χ2v) is 11.1. The average molecular weight is 609 g/mol. The van der Waals surface area contributed by atoms with Crippen molar-refractivity contribution in [1.29, 1.82) is 0 Å². The zero-order valence-electron chi connectivity index (χ0n) is 24.5. The van der Waals surface area contributed by atoms with E-state index in [1.54, 1.807) is 24.5 Å². The molecule has 2 atom stereocenters. The monoisotopic (exact) mass is 608 g/mol. The zero-order valence-corrected chi connectivity index (χ0v) is 24.5. The second kappa shape index (κ2) is 13.2. The number of aromatic nitrogens is 1. The first-order valence-electron chi connectivity index (χ1n) is 15.0. The van der Waals surface area contributed by atoms with Crippen molar-refractivity contribution < 1.29 is 33.1 Å². The molecule has 1 saturated heterocycles. The van der Waals surface area contributed by atoms with E-state index in [0.717, 1.165) is 27.0 Å². The fourth-order valence-electron chi connectivity index (χ4n) is 5.82. The van der Waals surface area contributed by atoms with Gasteiger partial charge in [-0.3, -0.25) is 39.2 Å². The lowest BCUT2D eigenvalue weighted by Gasteiger charge is -2.27. The molecule has 230 valence electrons. The Morgan fingerprint density at radius 2 is 1.89 bits per heavy atom. The van der Waals surface area contributed by atoms with Crippen LogP contribution in [0.1, 0.15) is 75.7 Å². The molecular weight excluding hydrogens is 576 g/mol. The molecule has 11 heteroatoms. The number of ether oxygens (including phenoxy) is 1. The molecule has 4 heterocycles. The number of piperidine rings is 1. The molecule has 2 aromatic carbocycles. The van der Waals surface area contributed by atoms with Crippen molar-refractivity contribution in [2.75, 3.05) is 13.2 Å². The van der Waals surface area contributed by atoms with E-state index < -0.39 is 35.7 Å². The number of fused-ring (bicyclic) bond motifs is 2. The van der Waals surface area contributed by atoms with Crippen LogP contribution in [0.3, 0.4) is 0 Å². The van der Waals surface area contributed by atoms with Gasteiger partial charge >= 0.3 is 0 Å². The van der Waals surface area contributed by atoms with E-state index >= 15 is 0 Å². The fraction of sp³-hybridized carbons (Fsp3) is 0.294. The van der Waals surface area contributed by atoms with E-state index in [1.807, 2.05) is 48.5 Å². The van der Waals surface area contributed by atoms with E-state index in [9.17, 15) is 24.0 Å². The van der Waals surface area contributed by atoms with Crippen molar-refractivity contribution in [2.24, 2.45) is 0 Å². The lowest BCUT2D eigenvalue weighted by molar-refractivity contribution is -0.136. The van der Waals surface area contributed by atoms with Gasteiger partial charge in [0.25, 0.3) is 11.8 Å². The third-order valence-corrected chi connectivity index (χ3v) is 8.06. The molecule has 45 heavy (non-hydrogen) atoms. The number of furan rings is 1. The third kappa shape index (κ3) is 6.39. The second-order valence-electron chi connectivity index (χ2n) is 11.1. The molecule has 2 aliphatic heterocycles. The summed E-state index contributed by atoms with van der Waals surface area (Å²) >= 11 is 0. The number of aryl methyl sites for hydroxylation is 1. The molecule has 2 N–H and O–H groups in total. The third-order valence-electron chi connectivity index (χ3n) is 8.06. The normalized spacial score (nSPS) is 17.0. The Morgan fingerprint density at radius 3 is 2.69 bits per heavy atom. The quantitative estimate of drug-likeness (QED) is 0.182. The van der Waals surface area contributed by atoms with Crippen LogP contribution in [-0.2, 0) is 25.5 Å². The van der Waals surface area contributed by atoms with Gasteiger partial charge < -0.3 is 14.5 Å². The van der Waals surface area contributed by atoms with Gasteiger partial charge in [0, 0.05) is 42.8 Å². The number of amides is 5. The Hall–Kier alpha value is -5.16. The predicted octanol–water partition coefficient (Wildman–Crippen LogP) is 3.86. The summed E-state index contributed by atoms with van der Waals surface area (Å²) in [6, 6.07) is 16.9. The van der Waals surface area contributed by atoms with Crippen LogP contribution < -0.4 is 10.6 Å². The summed E-state index contributed by atoms with van der Waals surface area (Å²) in [6.45, 7) is 0.660. The molecule has 5 amide bonds. The number of nitrogens with one attached hydrogen (secondary N) is 2. The topological polar surface area (TPSA) is 148 Å². The van der Waals surface area contributed by atoms with Crippen molar-refractivity contribution in [1.82, 2.24) is 20.5 Å². The zero-order chi connectivity index (χ0) is 31.3. The van der Waals surface area contributed by atoms with Gasteiger partial charge in [-0.1, -0.05) is 36.4 Å². The van der Waals surface area contributed by atoms with Crippen LogP contribution in [0.2, 0.25) is 0 Å². The molecule has 6 rings (SSSR count). The number of benzene rings is 2. The number of rotatable bonds is 12. The Morgan fingerprint density at radius 1 is 1.02 bits per heavy atom. The highest BCUT2D eigenvalue weighted by molar-refractivity contribution is 6.24. The fourth-order valence-corrected chi connectivity index (χ4v) is 5.82. The first kappa shape index (κ1) is 29.9. The average Bonchev–Trinajstić information content (AvgIpc) is 3.58. The number of pyridine rings is 1. The molecule has 0 aliphatic carbocycles. The molecule has 2 unspecified atom stereocenters. The van der Waals surface area contributed by atoms with Gasteiger partial charge in [-0.2, -0.15) is 0 Å². The maximum Gasteiger partial charge on any atom is 0.262 e. The van der Waals surface area contributed by atoms with Gasteiger partial charge in [0.05, 0.1) is 17.7 Å². The minimum Gasteiger partial charge on any atom is -0.459 e. The smallest absolute Gasteiger partial charge is 0.262 e. The number of hydrogen-bond donors (Lipinski definition) is 2. The van der Waals surface area contributed by atoms with Crippen LogP contribution in [0.25, 0.3) is 11.0 Å². The molecule has 4 aromatic rings. The van der Waals surface area contributed by atoms with E-state index in [0.29, 0.717) is 37.2 Å². The number of unbranched alkanes of at least 4 members (excludes halogenated alkanes) is 1. The summed E-state index contributed by atoms with van der Waals surface area (Å²) < 4.78 is 11.8. The Bertz CT molecular complexity index is 1730. The van der Waals surface area contributed by atoms with Gasteiger partial charge in [-0.15, -0.1) is 0 Å². The van der Waals surface area contributed by atoms with Gasteiger partial charge in [0.1, 0.15) is 23.4 Å². The predicted molar refractivity (Wildman–Crippen MR) is 162 cm³/mol. The Labute approximate surface area is 258 Å². The highest BCUT2D eigenvalue weighted by Gasteiger charge is 2.45. The molecule has 11 nitrogen and oxygen atoms in total. The lowest BCUT2D eigenvalue weighted by Crippen LogP contribution is -2.54. The maximum atomic E-state index is 13.3. The van der Waals surface area contributed by atoms with Gasteiger partial charge in [0.2, 0.25) is 17.7 Å². The van der Waals surface area contributed by atoms with Crippen molar-refractivity contribution >= 4 is 40.5 Å². The summed E-state index contributed by atoms with van der Waals surface area (Å²) in [6.07, 6.45) is 5.64. The first-order valence-corrected chi connectivity index (χ1v) is 15.0. The van der Waals surface area contributed by atoms with E-state index in [2.05, 4.69) is 15.6 Å². The number of para-hydroxylation sites is 1. The summed E-state index contributed by atoms with van der Waals surface area (Å²) in [5.41, 5.74) is 2.86. The molecule has 2 aliphatic rings. The molecule has 0 radical (unpaired) electrons. The minimum atomic E-state index is -0.994. The van der Waals surface area contributed by atoms with E-state index in [-0.39, 0.29) is 37.3 Å². The maximum absolute atomic E-state index is 13.3. The highest BCUT2D eigenvalue weighted by atomic mass is 16.5. The highest BCUT2D eigenvalue weighted by Crippen LogP contribution is 2.31. The number of nitrogens with zero attached hydrogens (tertiary/aromatic N) is 2. The molecular formula is C34H32N4O7. The van der Waals surface area contributed by atoms with Crippen molar-refractivity contribution in [3.8, 4) is 0 Å². The van der Waals surface area contributed by atoms with Crippen LogP contribution in [0, 0.1) is 0 Å². The van der Waals surface area contributed by atoms with Gasteiger partial charge in [-0.25, -0.2) is 0 Å². The molecule has 0 bridgehead atoms. The number of carbonyl (C=O) groups is 5. The summed E-state index contributed by atoms with van der Waals surface area (Å²) in [5.74, 6) is -1.63. The van der Waals surface area contributed by atoms with Crippen molar-refractivity contribution in [3.63, 3.8) is 0 Å². The van der Waals surface area contributed by atoms with E-state index in [4.69, 9.17) is 9.15 Å². The SMILES string of the molecule is O=C1CCC(N2C(=O)c3cccc(CCCCOCCC(=O)NC(c4cccnc4)c4cc5ccccc5o4)c3C2=O)C(=O)N1. The van der Waals surface area contributed by atoms with Crippen molar-refractivity contribution in [3.05, 3.63) is 101 Å². The minimum absolute atomic E-state index is 0.0741. The number of carbonyl (C=O) groups excluding carboxylic acids is 5. The van der Waals surface area contributed by atoms with Crippen LogP contribution in [0.15, 0.2) is 77.5 Å². The Balaban J connectivity index is 0.978. The van der Waals surface area contributed by atoms with Crippen molar-refractivity contribution in [2.45, 2.75) is 50.6 Å². The van der Waals surface area contributed by atoms with Crippen LogP contribution in [0.5, 0.6) is 0 Å². The Kier molecular flexibility index (Phi) is 8.79. The van der Waals surface area contributed by atoms with Gasteiger partial charge in [-0.05, 0) is 55.5 Å². The summed E-state index contributed by atoms with van der Waals surface area (Å²) in [7, 11) is 0. The number of imide groups is 2. The standard InChI is InChI=1S/C34H32N4O7/c39-28-14-13-25(32(41)37-28)38-33(42)24-11-5-9-21(30(24)34(38)43)7-3-4-17-44-18-15-29(40)36-31(23-10-6-16-35-20-23)27-19-22-8-1-2-12-26(22)45-27/h1-2,5-6,8-12,16,19-20,25,31H,3-4,7,13-15,17-18H2,(H,36,40)(H,37,39,41). The summed E-state index contributed by atoms with van der Waals surface area (Å²) in [4.78, 5) is 68.2. The van der Waals surface area contributed by atoms with Gasteiger partial charge in [0.15, 0.2) is 0 Å². The first-order chi connectivity index (χ1) is 21.9. The van der Waals surface area contributed by atoms with Crippen LogP contribution in [-0.4, -0.2) is 58.7 Å². The molecule has 1 fully saturated rings. The molecule has 0 spiro atoms. The van der Waals surface area contributed by atoms with Crippen LogP contribution in [0.4, 0.5) is 0 Å². The molecule has 2 aromatic heterocycles. The van der Waals surface area contributed by atoms with E-state index in [1.165, 1.54) is 0 Å². The summed E-state index contributed by atoms with van der Waals surface area (Å²) in [5, 5.41) is 6.20. The largest absolute Gasteiger partial charge is 0.459 e.